The zero-order valence-corrected chi connectivity index (χ0v) is 12.5. The molecule has 3 rings (SSSR count). The van der Waals surface area contributed by atoms with E-state index in [4.69, 9.17) is 0 Å². The van der Waals surface area contributed by atoms with Crippen LogP contribution >= 0.6 is 0 Å². The third-order valence-corrected chi connectivity index (χ3v) is 3.95. The zero-order chi connectivity index (χ0) is 15.5. The highest BCUT2D eigenvalue weighted by atomic mass is 16.3. The molecule has 0 fully saturated rings. The number of benzene rings is 3. The van der Waals surface area contributed by atoms with Crippen molar-refractivity contribution in [1.82, 2.24) is 0 Å². The van der Waals surface area contributed by atoms with E-state index in [0.29, 0.717) is 6.42 Å². The fourth-order valence-corrected chi connectivity index (χ4v) is 2.74. The van der Waals surface area contributed by atoms with Gasteiger partial charge in [-0.2, -0.15) is 0 Å². The first-order chi connectivity index (χ1) is 10.7. The molecule has 0 saturated carbocycles. The minimum Gasteiger partial charge on any atom is -0.508 e. The molecule has 2 nitrogen and oxygen atoms in total. The lowest BCUT2D eigenvalue weighted by Crippen LogP contribution is -1.95. The van der Waals surface area contributed by atoms with Crippen molar-refractivity contribution < 1.29 is 10.2 Å². The van der Waals surface area contributed by atoms with Gasteiger partial charge in [-0.3, -0.25) is 0 Å². The average Bonchev–Trinajstić information content (AvgIpc) is 2.52. The van der Waals surface area contributed by atoms with E-state index in [1.807, 2.05) is 36.4 Å². The highest BCUT2D eigenvalue weighted by Crippen LogP contribution is 2.34. The van der Waals surface area contributed by atoms with Crippen molar-refractivity contribution in [3.8, 4) is 22.6 Å². The number of rotatable bonds is 3. The van der Waals surface area contributed by atoms with Gasteiger partial charge in [-0.15, -0.1) is 0 Å². The van der Waals surface area contributed by atoms with Crippen molar-refractivity contribution in [2.75, 3.05) is 0 Å². The van der Waals surface area contributed by atoms with E-state index in [1.165, 1.54) is 0 Å². The van der Waals surface area contributed by atoms with Gasteiger partial charge >= 0.3 is 0 Å². The summed E-state index contributed by atoms with van der Waals surface area (Å²) in [4.78, 5) is 0. The fourth-order valence-electron chi connectivity index (χ4n) is 2.74. The molecule has 0 aliphatic heterocycles. The number of phenols is 2. The molecule has 0 aromatic heterocycles. The monoisotopic (exact) mass is 290 g/mol. The van der Waals surface area contributed by atoms with Crippen LogP contribution in [0.2, 0.25) is 0 Å². The Labute approximate surface area is 130 Å². The van der Waals surface area contributed by atoms with Crippen LogP contribution in [0.4, 0.5) is 0 Å². The minimum atomic E-state index is 0.251. The van der Waals surface area contributed by atoms with Gasteiger partial charge < -0.3 is 10.2 Å². The summed E-state index contributed by atoms with van der Waals surface area (Å²) < 4.78 is 0. The predicted octanol–water partition coefficient (Wildman–Crippen LogP) is 4.66. The Morgan fingerprint density at radius 3 is 2.09 bits per heavy atom. The lowest BCUT2D eigenvalue weighted by atomic mass is 9.91. The topological polar surface area (TPSA) is 40.5 Å². The number of para-hydroxylation sites is 1. The Morgan fingerprint density at radius 1 is 0.682 bits per heavy atom. The van der Waals surface area contributed by atoms with Crippen LogP contribution in [0.1, 0.15) is 16.7 Å². The van der Waals surface area contributed by atoms with Gasteiger partial charge in [0.25, 0.3) is 0 Å². The first kappa shape index (κ1) is 14.2. The van der Waals surface area contributed by atoms with E-state index in [2.05, 4.69) is 19.1 Å². The molecule has 0 heterocycles. The molecule has 3 aromatic carbocycles. The van der Waals surface area contributed by atoms with Crippen LogP contribution in [0.25, 0.3) is 11.1 Å². The summed E-state index contributed by atoms with van der Waals surface area (Å²) in [5.74, 6) is 0.505. The molecule has 0 bridgehead atoms. The number of hydrogen-bond acceptors (Lipinski definition) is 2. The highest BCUT2D eigenvalue weighted by Gasteiger charge is 2.13. The molecule has 2 heteroatoms. The van der Waals surface area contributed by atoms with E-state index in [-0.39, 0.29) is 11.5 Å². The number of aryl methyl sites for hydroxylation is 1. The number of hydrogen-bond donors (Lipinski definition) is 2. The number of phenolic OH excluding ortho intramolecular Hbond substituents is 2. The molecule has 0 saturated heterocycles. The van der Waals surface area contributed by atoms with Crippen LogP contribution in [0.5, 0.6) is 11.5 Å². The molecule has 0 amide bonds. The van der Waals surface area contributed by atoms with Crippen molar-refractivity contribution in [2.24, 2.45) is 0 Å². The first-order valence-electron chi connectivity index (χ1n) is 7.30. The third-order valence-electron chi connectivity index (χ3n) is 3.95. The van der Waals surface area contributed by atoms with Gasteiger partial charge in [0.05, 0.1) is 0 Å². The second-order valence-corrected chi connectivity index (χ2v) is 5.42. The fraction of sp³-hybridized carbons (Fsp3) is 0.100. The smallest absolute Gasteiger partial charge is 0.119 e. The van der Waals surface area contributed by atoms with Crippen molar-refractivity contribution in [1.29, 1.82) is 0 Å². The van der Waals surface area contributed by atoms with Crippen molar-refractivity contribution in [3.63, 3.8) is 0 Å². The molecule has 0 aliphatic rings. The molecular weight excluding hydrogens is 272 g/mol. The minimum absolute atomic E-state index is 0.251. The largest absolute Gasteiger partial charge is 0.508 e. The summed E-state index contributed by atoms with van der Waals surface area (Å²) >= 11 is 0. The molecule has 0 atom stereocenters. The van der Waals surface area contributed by atoms with Crippen LogP contribution in [-0.2, 0) is 6.42 Å². The summed E-state index contributed by atoms with van der Waals surface area (Å²) in [6.45, 7) is 2.06. The van der Waals surface area contributed by atoms with Gasteiger partial charge in [-0.1, -0.05) is 54.6 Å². The Hall–Kier alpha value is -2.74. The highest BCUT2D eigenvalue weighted by molar-refractivity contribution is 5.73. The van der Waals surface area contributed by atoms with E-state index >= 15 is 0 Å². The van der Waals surface area contributed by atoms with Crippen LogP contribution in [-0.4, -0.2) is 10.2 Å². The van der Waals surface area contributed by atoms with Crippen LogP contribution in [0.3, 0.4) is 0 Å². The molecule has 2 N–H and O–H groups in total. The van der Waals surface area contributed by atoms with Crippen molar-refractivity contribution in [2.45, 2.75) is 13.3 Å². The van der Waals surface area contributed by atoms with Crippen molar-refractivity contribution >= 4 is 0 Å². The summed E-state index contributed by atoms with van der Waals surface area (Å²) in [6, 6.07) is 20.9. The van der Waals surface area contributed by atoms with Crippen LogP contribution < -0.4 is 0 Å². The lowest BCUT2D eigenvalue weighted by molar-refractivity contribution is 0.463. The van der Waals surface area contributed by atoms with Gasteiger partial charge in [-0.25, -0.2) is 0 Å². The third kappa shape index (κ3) is 2.68. The lowest BCUT2D eigenvalue weighted by Gasteiger charge is -2.14. The van der Waals surface area contributed by atoms with E-state index in [1.54, 1.807) is 18.2 Å². The number of aromatic hydroxyl groups is 2. The van der Waals surface area contributed by atoms with Gasteiger partial charge in [-0.05, 0) is 41.3 Å². The van der Waals surface area contributed by atoms with Gasteiger partial charge in [0.2, 0.25) is 0 Å². The SMILES string of the molecule is Cc1ccccc1-c1cccc(O)c1Cc1ccccc1O. The van der Waals surface area contributed by atoms with Crippen molar-refractivity contribution in [3.05, 3.63) is 83.4 Å². The van der Waals surface area contributed by atoms with Gasteiger partial charge in [0, 0.05) is 12.0 Å². The standard InChI is InChI=1S/C20H18O2/c1-14-7-2-4-9-16(14)17-10-6-12-20(22)18(17)13-15-8-3-5-11-19(15)21/h2-12,21-22H,13H2,1H3. The molecular formula is C20H18O2. The Balaban J connectivity index is 2.12. The maximum absolute atomic E-state index is 10.3. The van der Waals surface area contributed by atoms with E-state index < -0.39 is 0 Å². The summed E-state index contributed by atoms with van der Waals surface area (Å²) in [6.07, 6.45) is 0.489. The Bertz CT molecular complexity index is 806. The van der Waals surface area contributed by atoms with Crippen LogP contribution in [0, 0.1) is 6.92 Å². The molecule has 22 heavy (non-hydrogen) atoms. The molecule has 3 aromatic rings. The molecule has 110 valence electrons. The summed E-state index contributed by atoms with van der Waals surface area (Å²) in [5.41, 5.74) is 4.90. The van der Waals surface area contributed by atoms with E-state index in [9.17, 15) is 10.2 Å². The molecule has 0 aliphatic carbocycles. The molecule has 0 spiro atoms. The molecule has 0 radical (unpaired) electrons. The maximum atomic E-state index is 10.3. The normalized spacial score (nSPS) is 10.6. The van der Waals surface area contributed by atoms with E-state index in [0.717, 1.165) is 27.8 Å². The first-order valence-corrected chi connectivity index (χ1v) is 7.30. The average molecular weight is 290 g/mol. The second kappa shape index (κ2) is 5.94. The Kier molecular flexibility index (Phi) is 3.84. The zero-order valence-electron chi connectivity index (χ0n) is 12.5. The quantitative estimate of drug-likeness (QED) is 0.736. The summed E-state index contributed by atoms with van der Waals surface area (Å²) in [5, 5.41) is 20.3. The van der Waals surface area contributed by atoms with Gasteiger partial charge in [0.15, 0.2) is 0 Å². The maximum Gasteiger partial charge on any atom is 0.119 e. The van der Waals surface area contributed by atoms with Crippen LogP contribution in [0.15, 0.2) is 66.7 Å². The van der Waals surface area contributed by atoms with Gasteiger partial charge in [0.1, 0.15) is 11.5 Å². The molecule has 0 unspecified atom stereocenters. The second-order valence-electron chi connectivity index (χ2n) is 5.42. The predicted molar refractivity (Wildman–Crippen MR) is 89.2 cm³/mol. The Morgan fingerprint density at radius 2 is 1.32 bits per heavy atom. The summed E-state index contributed by atoms with van der Waals surface area (Å²) in [7, 11) is 0.